The molecule has 2 aliphatic heterocycles. The van der Waals surface area contributed by atoms with Gasteiger partial charge in [0, 0.05) is 44.9 Å². The Kier molecular flexibility index (Phi) is 7.23. The first-order chi connectivity index (χ1) is 12.7. The smallest absolute Gasteiger partial charge is 0.224 e. The fraction of sp³-hybridized carbons (Fsp3) is 0.650. The zero-order valence-electron chi connectivity index (χ0n) is 16.0. The van der Waals surface area contributed by atoms with Crippen molar-refractivity contribution in [2.45, 2.75) is 25.1 Å². The Balaban J connectivity index is 1.56. The maximum atomic E-state index is 12.5. The zero-order valence-corrected chi connectivity index (χ0v) is 16.8. The van der Waals surface area contributed by atoms with Crippen LogP contribution in [0.4, 0.5) is 0 Å². The summed E-state index contributed by atoms with van der Waals surface area (Å²) in [7, 11) is 2.18. The van der Waals surface area contributed by atoms with E-state index < -0.39 is 0 Å². The first-order valence-electron chi connectivity index (χ1n) is 9.72. The molecule has 0 aliphatic carbocycles. The van der Waals surface area contributed by atoms with Gasteiger partial charge in [-0.15, -0.1) is 11.8 Å². The summed E-state index contributed by atoms with van der Waals surface area (Å²) in [5.41, 5.74) is 1.20. The van der Waals surface area contributed by atoms with E-state index in [1.54, 1.807) is 0 Å². The molecule has 1 amide bonds. The maximum Gasteiger partial charge on any atom is 0.224 e. The van der Waals surface area contributed by atoms with Crippen molar-refractivity contribution >= 4 is 17.7 Å². The van der Waals surface area contributed by atoms with Crippen LogP contribution in [-0.4, -0.2) is 79.3 Å². The fourth-order valence-corrected chi connectivity index (χ4v) is 4.84. The highest BCUT2D eigenvalue weighted by molar-refractivity contribution is 7.99. The third kappa shape index (κ3) is 5.15. The van der Waals surface area contributed by atoms with E-state index in [9.17, 15) is 4.79 Å². The largest absolute Gasteiger partial charge is 0.494 e. The molecule has 2 heterocycles. The molecule has 0 bridgehead atoms. The first kappa shape index (κ1) is 19.5. The molecule has 0 spiro atoms. The lowest BCUT2D eigenvalue weighted by Crippen LogP contribution is -2.45. The van der Waals surface area contributed by atoms with Crippen molar-refractivity contribution in [3.63, 3.8) is 0 Å². The number of rotatable bonds is 7. The minimum absolute atomic E-state index is 0.138. The van der Waals surface area contributed by atoms with Gasteiger partial charge in [0.1, 0.15) is 11.1 Å². The highest BCUT2D eigenvalue weighted by atomic mass is 32.2. The second-order valence-corrected chi connectivity index (χ2v) is 8.25. The van der Waals surface area contributed by atoms with Gasteiger partial charge in [-0.05, 0) is 44.6 Å². The number of hydrogen-bond donors (Lipinski definition) is 0. The number of hydrogen-bond acceptors (Lipinski definition) is 5. The molecule has 0 aromatic heterocycles. The Labute approximate surface area is 161 Å². The van der Waals surface area contributed by atoms with Crippen LogP contribution >= 0.6 is 11.8 Å². The van der Waals surface area contributed by atoms with Gasteiger partial charge < -0.3 is 19.4 Å². The molecule has 1 aromatic carbocycles. The minimum Gasteiger partial charge on any atom is -0.494 e. The van der Waals surface area contributed by atoms with E-state index in [2.05, 4.69) is 33.9 Å². The Hall–Kier alpha value is -1.24. The van der Waals surface area contributed by atoms with E-state index in [4.69, 9.17) is 4.74 Å². The Morgan fingerprint density at radius 1 is 1.12 bits per heavy atom. The summed E-state index contributed by atoms with van der Waals surface area (Å²) in [6, 6.07) is 8.24. The SMILES string of the molecule is CCOc1ccc(C2SCCC(=O)N2CCCN2CCN(C)CC2)cc1. The third-order valence-corrected chi connectivity index (χ3v) is 6.42. The van der Waals surface area contributed by atoms with Gasteiger partial charge >= 0.3 is 0 Å². The molecule has 0 radical (unpaired) electrons. The summed E-state index contributed by atoms with van der Waals surface area (Å²) >= 11 is 1.88. The van der Waals surface area contributed by atoms with Gasteiger partial charge in [0.2, 0.25) is 5.91 Å². The van der Waals surface area contributed by atoms with Crippen LogP contribution in [0.25, 0.3) is 0 Å². The van der Waals surface area contributed by atoms with Gasteiger partial charge in [0.15, 0.2) is 0 Å². The van der Waals surface area contributed by atoms with Crippen LogP contribution in [0, 0.1) is 0 Å². The average Bonchev–Trinajstić information content (AvgIpc) is 2.65. The number of ether oxygens (including phenoxy) is 1. The number of nitrogens with zero attached hydrogens (tertiary/aromatic N) is 3. The highest BCUT2D eigenvalue weighted by Crippen LogP contribution is 2.37. The van der Waals surface area contributed by atoms with Gasteiger partial charge in [-0.2, -0.15) is 0 Å². The van der Waals surface area contributed by atoms with Crippen LogP contribution in [-0.2, 0) is 4.79 Å². The molecule has 2 aliphatic rings. The fourth-order valence-electron chi connectivity index (χ4n) is 3.57. The Morgan fingerprint density at radius 3 is 2.54 bits per heavy atom. The van der Waals surface area contributed by atoms with Gasteiger partial charge in [-0.1, -0.05) is 12.1 Å². The molecule has 1 unspecified atom stereocenters. The molecule has 2 saturated heterocycles. The van der Waals surface area contributed by atoms with Crippen molar-refractivity contribution in [2.24, 2.45) is 0 Å². The predicted octanol–water partition coefficient (Wildman–Crippen LogP) is 2.69. The Morgan fingerprint density at radius 2 is 1.85 bits per heavy atom. The van der Waals surface area contributed by atoms with E-state index >= 15 is 0 Å². The number of thioether (sulfide) groups is 1. The van der Waals surface area contributed by atoms with Gasteiger partial charge in [-0.3, -0.25) is 4.79 Å². The molecule has 0 N–H and O–H groups in total. The van der Waals surface area contributed by atoms with E-state index in [0.29, 0.717) is 18.9 Å². The molecule has 3 rings (SSSR count). The number of likely N-dealkylation sites (N-methyl/N-ethyl adjacent to an activating group) is 1. The topological polar surface area (TPSA) is 36.0 Å². The van der Waals surface area contributed by atoms with Crippen molar-refractivity contribution in [3.8, 4) is 5.75 Å². The van der Waals surface area contributed by atoms with E-state index in [0.717, 1.165) is 57.2 Å². The summed E-state index contributed by atoms with van der Waals surface area (Å²) in [6.45, 7) is 9.16. The van der Waals surface area contributed by atoms with Crippen molar-refractivity contribution in [1.82, 2.24) is 14.7 Å². The van der Waals surface area contributed by atoms with E-state index in [1.165, 1.54) is 5.56 Å². The molecule has 5 nitrogen and oxygen atoms in total. The summed E-state index contributed by atoms with van der Waals surface area (Å²) < 4.78 is 5.54. The van der Waals surface area contributed by atoms with Crippen LogP contribution in [0.5, 0.6) is 5.75 Å². The molecule has 26 heavy (non-hydrogen) atoms. The summed E-state index contributed by atoms with van der Waals surface area (Å²) in [4.78, 5) is 19.5. The lowest BCUT2D eigenvalue weighted by Gasteiger charge is -2.37. The molecule has 1 atom stereocenters. The number of piperazine rings is 1. The predicted molar refractivity (Wildman–Crippen MR) is 108 cm³/mol. The van der Waals surface area contributed by atoms with Crippen molar-refractivity contribution in [3.05, 3.63) is 29.8 Å². The lowest BCUT2D eigenvalue weighted by molar-refractivity contribution is -0.132. The van der Waals surface area contributed by atoms with Gasteiger partial charge in [0.25, 0.3) is 0 Å². The van der Waals surface area contributed by atoms with Crippen molar-refractivity contribution in [2.75, 3.05) is 58.7 Å². The molecular weight excluding hydrogens is 346 g/mol. The second kappa shape index (κ2) is 9.62. The standard InChI is InChI=1S/C20H31N3O2S/c1-3-25-18-7-5-17(6-8-18)20-23(19(24)9-16-26-20)11-4-10-22-14-12-21(2)13-15-22/h5-8,20H,3-4,9-16H2,1-2H3. The number of carbonyl (C=O) groups excluding carboxylic acids is 1. The molecule has 1 aromatic rings. The monoisotopic (exact) mass is 377 g/mol. The zero-order chi connectivity index (χ0) is 18.4. The highest BCUT2D eigenvalue weighted by Gasteiger charge is 2.29. The first-order valence-corrected chi connectivity index (χ1v) is 10.8. The summed E-state index contributed by atoms with van der Waals surface area (Å²) in [6.07, 6.45) is 1.70. The molecule has 2 fully saturated rings. The van der Waals surface area contributed by atoms with E-state index in [-0.39, 0.29) is 5.37 Å². The van der Waals surface area contributed by atoms with Crippen LogP contribution < -0.4 is 4.74 Å². The Bertz CT molecular complexity index is 573. The third-order valence-electron chi connectivity index (χ3n) is 5.14. The van der Waals surface area contributed by atoms with Crippen LogP contribution in [0.1, 0.15) is 30.7 Å². The molecule has 6 heteroatoms. The van der Waals surface area contributed by atoms with Gasteiger partial charge in [-0.25, -0.2) is 0 Å². The summed E-state index contributed by atoms with van der Waals surface area (Å²) in [5.74, 6) is 2.09. The van der Waals surface area contributed by atoms with Crippen LogP contribution in [0.3, 0.4) is 0 Å². The maximum absolute atomic E-state index is 12.5. The normalized spacial score (nSPS) is 22.6. The van der Waals surface area contributed by atoms with Gasteiger partial charge in [0.05, 0.1) is 6.61 Å². The summed E-state index contributed by atoms with van der Waals surface area (Å²) in [5, 5.41) is 0.138. The molecule has 0 saturated carbocycles. The number of carbonyl (C=O) groups is 1. The number of amides is 1. The second-order valence-electron chi connectivity index (χ2n) is 7.06. The quantitative estimate of drug-likeness (QED) is 0.730. The lowest BCUT2D eigenvalue weighted by atomic mass is 10.1. The molecular formula is C20H31N3O2S. The van der Waals surface area contributed by atoms with Crippen LogP contribution in [0.15, 0.2) is 24.3 Å². The molecule has 144 valence electrons. The van der Waals surface area contributed by atoms with Crippen LogP contribution in [0.2, 0.25) is 0 Å². The minimum atomic E-state index is 0.138. The number of benzene rings is 1. The van der Waals surface area contributed by atoms with Crippen molar-refractivity contribution in [1.29, 1.82) is 0 Å². The van der Waals surface area contributed by atoms with Crippen molar-refractivity contribution < 1.29 is 9.53 Å². The van der Waals surface area contributed by atoms with E-state index in [1.807, 2.05) is 30.8 Å². The average molecular weight is 378 g/mol.